The van der Waals surface area contributed by atoms with Gasteiger partial charge in [-0.2, -0.15) is 0 Å². The summed E-state index contributed by atoms with van der Waals surface area (Å²) < 4.78 is 0. The average Bonchev–Trinajstić information content (AvgIpc) is 3.01. The van der Waals surface area contributed by atoms with Crippen LogP contribution in [0.3, 0.4) is 0 Å². The highest BCUT2D eigenvalue weighted by Crippen LogP contribution is 2.47. The predicted octanol–water partition coefficient (Wildman–Crippen LogP) is 1.96. The second-order valence-corrected chi connectivity index (χ2v) is 6.18. The van der Waals surface area contributed by atoms with E-state index in [1.165, 1.54) is 13.3 Å². The Labute approximate surface area is 124 Å². The summed E-state index contributed by atoms with van der Waals surface area (Å²) in [5, 5.41) is 5.65. The van der Waals surface area contributed by atoms with Crippen LogP contribution in [0.4, 0.5) is 11.4 Å². The molecular formula is C16H21N3O2. The van der Waals surface area contributed by atoms with Crippen molar-refractivity contribution in [2.45, 2.75) is 32.2 Å². The van der Waals surface area contributed by atoms with Gasteiger partial charge in [0, 0.05) is 24.3 Å². The number of nitrogens with one attached hydrogen (secondary N) is 2. The second-order valence-electron chi connectivity index (χ2n) is 6.18. The maximum absolute atomic E-state index is 12.4. The van der Waals surface area contributed by atoms with Gasteiger partial charge >= 0.3 is 0 Å². The Balaban J connectivity index is 1.64. The molecule has 2 fully saturated rings. The van der Waals surface area contributed by atoms with Gasteiger partial charge in [-0.25, -0.2) is 0 Å². The fourth-order valence-corrected chi connectivity index (χ4v) is 3.79. The molecule has 1 aromatic rings. The van der Waals surface area contributed by atoms with E-state index in [0.717, 1.165) is 24.2 Å². The van der Waals surface area contributed by atoms with E-state index in [0.29, 0.717) is 11.8 Å². The van der Waals surface area contributed by atoms with Crippen molar-refractivity contribution < 1.29 is 9.59 Å². The van der Waals surface area contributed by atoms with Gasteiger partial charge < -0.3 is 16.4 Å². The lowest BCUT2D eigenvalue weighted by atomic mass is 9.84. The number of fused-ring (bicyclic) bond motifs is 2. The van der Waals surface area contributed by atoms with Crippen LogP contribution in [0.5, 0.6) is 0 Å². The van der Waals surface area contributed by atoms with Crippen LogP contribution in [0.1, 0.15) is 26.2 Å². The van der Waals surface area contributed by atoms with E-state index in [1.54, 1.807) is 24.3 Å². The van der Waals surface area contributed by atoms with Gasteiger partial charge in [0.15, 0.2) is 0 Å². The second kappa shape index (κ2) is 5.48. The molecule has 0 spiro atoms. The standard InChI is InChI=1S/C16H21N3O2/c1-9(20)18-12-4-6-13(7-5-12)19-16(21)14-10-2-3-11(8-10)15(14)17/h4-7,10-11,14-15H,2-3,8,17H2,1H3,(H,18,20)(H,19,21). The number of carbonyl (C=O) groups excluding carboxylic acids is 2. The summed E-state index contributed by atoms with van der Waals surface area (Å²) in [5.41, 5.74) is 7.65. The van der Waals surface area contributed by atoms with E-state index in [4.69, 9.17) is 5.73 Å². The summed E-state index contributed by atoms with van der Waals surface area (Å²) in [7, 11) is 0. The Morgan fingerprint density at radius 2 is 1.62 bits per heavy atom. The molecule has 5 nitrogen and oxygen atoms in total. The lowest BCUT2D eigenvalue weighted by Gasteiger charge is -2.27. The molecule has 0 heterocycles. The van der Waals surface area contributed by atoms with Crippen LogP contribution in [0.25, 0.3) is 0 Å². The molecule has 0 saturated heterocycles. The van der Waals surface area contributed by atoms with Gasteiger partial charge in [0.05, 0.1) is 5.92 Å². The van der Waals surface area contributed by atoms with Crippen LogP contribution >= 0.6 is 0 Å². The molecule has 2 aliphatic rings. The molecule has 21 heavy (non-hydrogen) atoms. The minimum atomic E-state index is -0.111. The largest absolute Gasteiger partial charge is 0.327 e. The molecule has 0 aliphatic heterocycles. The topological polar surface area (TPSA) is 84.2 Å². The predicted molar refractivity (Wildman–Crippen MR) is 81.7 cm³/mol. The van der Waals surface area contributed by atoms with Gasteiger partial charge in [0.2, 0.25) is 11.8 Å². The fourth-order valence-electron chi connectivity index (χ4n) is 3.79. The first-order valence-electron chi connectivity index (χ1n) is 7.48. The number of hydrogen-bond acceptors (Lipinski definition) is 3. The number of hydrogen-bond donors (Lipinski definition) is 3. The third kappa shape index (κ3) is 2.78. The molecule has 4 atom stereocenters. The minimum Gasteiger partial charge on any atom is -0.327 e. The summed E-state index contributed by atoms with van der Waals surface area (Å²) in [6.45, 7) is 1.46. The molecule has 2 aliphatic carbocycles. The molecule has 1 aromatic carbocycles. The maximum atomic E-state index is 12.4. The molecular weight excluding hydrogens is 266 g/mol. The van der Waals surface area contributed by atoms with Gasteiger partial charge in [-0.15, -0.1) is 0 Å². The normalized spacial score (nSPS) is 30.2. The molecule has 2 saturated carbocycles. The van der Waals surface area contributed by atoms with Gasteiger partial charge in [-0.3, -0.25) is 9.59 Å². The van der Waals surface area contributed by atoms with E-state index in [2.05, 4.69) is 10.6 Å². The lowest BCUT2D eigenvalue weighted by Crippen LogP contribution is -2.42. The van der Waals surface area contributed by atoms with Crippen molar-refractivity contribution in [3.8, 4) is 0 Å². The van der Waals surface area contributed by atoms with Gasteiger partial charge in [0.1, 0.15) is 0 Å². The Bertz CT molecular complexity index is 553. The van der Waals surface area contributed by atoms with Gasteiger partial charge in [-0.1, -0.05) is 0 Å². The zero-order valence-electron chi connectivity index (χ0n) is 12.1. The maximum Gasteiger partial charge on any atom is 0.229 e. The van der Waals surface area contributed by atoms with Gasteiger partial charge in [-0.05, 0) is 55.4 Å². The Morgan fingerprint density at radius 3 is 2.14 bits per heavy atom. The Morgan fingerprint density at radius 1 is 1.05 bits per heavy atom. The van der Waals surface area contributed by atoms with E-state index in [1.807, 2.05) is 0 Å². The number of nitrogens with two attached hydrogens (primary N) is 1. The number of amides is 2. The summed E-state index contributed by atoms with van der Waals surface area (Å²) >= 11 is 0. The first-order chi connectivity index (χ1) is 10.0. The van der Waals surface area contributed by atoms with Crippen molar-refractivity contribution in [1.29, 1.82) is 0 Å². The van der Waals surface area contributed by atoms with Crippen molar-refractivity contribution in [2.75, 3.05) is 10.6 Å². The first kappa shape index (κ1) is 14.1. The summed E-state index contributed by atoms with van der Waals surface area (Å²) in [4.78, 5) is 23.4. The number of anilines is 2. The van der Waals surface area contributed by atoms with Crippen molar-refractivity contribution in [2.24, 2.45) is 23.5 Å². The third-order valence-electron chi connectivity index (χ3n) is 4.76. The van der Waals surface area contributed by atoms with Crippen LogP contribution in [-0.2, 0) is 9.59 Å². The molecule has 4 N–H and O–H groups in total. The molecule has 5 heteroatoms. The van der Waals surface area contributed by atoms with Crippen molar-refractivity contribution in [3.63, 3.8) is 0 Å². The molecule has 0 aromatic heterocycles. The number of benzene rings is 1. The molecule has 2 bridgehead atoms. The quantitative estimate of drug-likeness (QED) is 0.794. The summed E-state index contributed by atoms with van der Waals surface area (Å²) in [5.74, 6) is 0.831. The highest BCUT2D eigenvalue weighted by atomic mass is 16.2. The summed E-state index contributed by atoms with van der Waals surface area (Å²) in [6.07, 6.45) is 3.39. The molecule has 3 rings (SSSR count). The molecule has 112 valence electrons. The fraction of sp³-hybridized carbons (Fsp3) is 0.500. The van der Waals surface area contributed by atoms with E-state index in [9.17, 15) is 9.59 Å². The van der Waals surface area contributed by atoms with Crippen molar-refractivity contribution in [3.05, 3.63) is 24.3 Å². The van der Waals surface area contributed by atoms with E-state index >= 15 is 0 Å². The highest BCUT2D eigenvalue weighted by molar-refractivity contribution is 5.94. The molecule has 2 amide bonds. The molecule has 0 radical (unpaired) electrons. The number of rotatable bonds is 3. The third-order valence-corrected chi connectivity index (χ3v) is 4.76. The van der Waals surface area contributed by atoms with Crippen molar-refractivity contribution in [1.82, 2.24) is 0 Å². The highest BCUT2D eigenvalue weighted by Gasteiger charge is 2.49. The van der Waals surface area contributed by atoms with E-state index < -0.39 is 0 Å². The SMILES string of the molecule is CC(=O)Nc1ccc(NC(=O)C2C3CCC(C3)C2N)cc1. The summed E-state index contributed by atoms with van der Waals surface area (Å²) in [6, 6.07) is 7.14. The Kier molecular flexibility index (Phi) is 3.68. The van der Waals surface area contributed by atoms with Crippen LogP contribution in [0, 0.1) is 17.8 Å². The zero-order chi connectivity index (χ0) is 15.0. The number of carbonyl (C=O) groups is 2. The zero-order valence-corrected chi connectivity index (χ0v) is 12.1. The van der Waals surface area contributed by atoms with Crippen LogP contribution < -0.4 is 16.4 Å². The Hall–Kier alpha value is -1.88. The minimum absolute atomic E-state index is 0.00222. The average molecular weight is 287 g/mol. The first-order valence-corrected chi connectivity index (χ1v) is 7.48. The lowest BCUT2D eigenvalue weighted by molar-refractivity contribution is -0.121. The van der Waals surface area contributed by atoms with Crippen molar-refractivity contribution >= 4 is 23.2 Å². The monoisotopic (exact) mass is 287 g/mol. The van der Waals surface area contributed by atoms with Crippen LogP contribution in [0.15, 0.2) is 24.3 Å². The van der Waals surface area contributed by atoms with E-state index in [-0.39, 0.29) is 23.8 Å². The van der Waals surface area contributed by atoms with Crippen LogP contribution in [0.2, 0.25) is 0 Å². The smallest absolute Gasteiger partial charge is 0.229 e. The van der Waals surface area contributed by atoms with Gasteiger partial charge in [0.25, 0.3) is 0 Å². The van der Waals surface area contributed by atoms with Crippen LogP contribution in [-0.4, -0.2) is 17.9 Å². The molecule has 4 unspecified atom stereocenters.